The van der Waals surface area contributed by atoms with Crippen LogP contribution in [0, 0.1) is 5.92 Å². The number of anilines is 3. The van der Waals surface area contributed by atoms with Crippen LogP contribution in [0.2, 0.25) is 0 Å². The second-order valence-electron chi connectivity index (χ2n) is 5.39. The van der Waals surface area contributed by atoms with E-state index in [-0.39, 0.29) is 6.61 Å². The Kier molecular flexibility index (Phi) is 4.35. The molecule has 2 aliphatic rings. The third kappa shape index (κ3) is 3.16. The van der Waals surface area contributed by atoms with E-state index in [0.717, 1.165) is 32.6 Å². The number of aromatic nitrogens is 3. The van der Waals surface area contributed by atoms with E-state index in [0.29, 0.717) is 37.0 Å². The molecule has 2 fully saturated rings. The smallest absolute Gasteiger partial charge is 0.232 e. The molecule has 1 aromatic rings. The maximum atomic E-state index is 9.28. The van der Waals surface area contributed by atoms with Gasteiger partial charge in [-0.15, -0.1) is 0 Å². The van der Waals surface area contributed by atoms with Crippen molar-refractivity contribution >= 4 is 17.8 Å². The zero-order chi connectivity index (χ0) is 14.7. The molecule has 2 aliphatic heterocycles. The standard InChI is InChI=1S/C13H22N6O2/c1-14-11-15-12(18-4-6-21-7-5-18)17-13(16-11)19-3-2-10(8-19)9-20/h10,20H,2-9H2,1H3,(H,14,15,16,17). The van der Waals surface area contributed by atoms with Crippen molar-refractivity contribution in [3.63, 3.8) is 0 Å². The molecule has 2 N–H and O–H groups in total. The monoisotopic (exact) mass is 294 g/mol. The number of aliphatic hydroxyl groups excluding tert-OH is 1. The van der Waals surface area contributed by atoms with Gasteiger partial charge in [-0.2, -0.15) is 15.0 Å². The summed E-state index contributed by atoms with van der Waals surface area (Å²) < 4.78 is 5.37. The molecule has 116 valence electrons. The number of aliphatic hydroxyl groups is 1. The van der Waals surface area contributed by atoms with Crippen molar-refractivity contribution < 1.29 is 9.84 Å². The van der Waals surface area contributed by atoms with Gasteiger partial charge in [0.1, 0.15) is 0 Å². The molecule has 2 saturated heterocycles. The Bertz CT molecular complexity index is 480. The van der Waals surface area contributed by atoms with Gasteiger partial charge in [0.15, 0.2) is 0 Å². The Labute approximate surface area is 124 Å². The number of hydrogen-bond acceptors (Lipinski definition) is 8. The number of ether oxygens (including phenoxy) is 1. The van der Waals surface area contributed by atoms with E-state index in [1.807, 2.05) is 7.05 Å². The van der Waals surface area contributed by atoms with Crippen molar-refractivity contribution in [2.75, 3.05) is 68.2 Å². The summed E-state index contributed by atoms with van der Waals surface area (Å²) in [4.78, 5) is 17.7. The first kappa shape index (κ1) is 14.3. The van der Waals surface area contributed by atoms with Crippen LogP contribution in [-0.2, 0) is 4.74 Å². The Morgan fingerprint density at radius 2 is 1.86 bits per heavy atom. The number of nitrogens with zero attached hydrogens (tertiary/aromatic N) is 5. The van der Waals surface area contributed by atoms with Crippen LogP contribution in [0.5, 0.6) is 0 Å². The van der Waals surface area contributed by atoms with E-state index in [2.05, 4.69) is 30.1 Å². The number of nitrogens with one attached hydrogen (secondary N) is 1. The summed E-state index contributed by atoms with van der Waals surface area (Å²) in [5.41, 5.74) is 0. The first-order chi connectivity index (χ1) is 10.3. The molecule has 1 atom stereocenters. The van der Waals surface area contributed by atoms with Gasteiger partial charge in [-0.3, -0.25) is 0 Å². The van der Waals surface area contributed by atoms with E-state index >= 15 is 0 Å². The van der Waals surface area contributed by atoms with E-state index in [1.165, 1.54) is 0 Å². The largest absolute Gasteiger partial charge is 0.396 e. The minimum atomic E-state index is 0.219. The van der Waals surface area contributed by atoms with Gasteiger partial charge < -0.3 is 25.0 Å². The molecular weight excluding hydrogens is 272 g/mol. The Balaban J connectivity index is 1.82. The minimum Gasteiger partial charge on any atom is -0.396 e. The molecule has 0 aliphatic carbocycles. The average Bonchev–Trinajstić information content (AvgIpc) is 3.04. The molecule has 21 heavy (non-hydrogen) atoms. The Hall–Kier alpha value is -1.67. The Morgan fingerprint density at radius 1 is 1.14 bits per heavy atom. The van der Waals surface area contributed by atoms with E-state index < -0.39 is 0 Å². The quantitative estimate of drug-likeness (QED) is 0.773. The van der Waals surface area contributed by atoms with Gasteiger partial charge >= 0.3 is 0 Å². The van der Waals surface area contributed by atoms with Gasteiger partial charge in [0.05, 0.1) is 13.2 Å². The molecule has 0 spiro atoms. The van der Waals surface area contributed by atoms with Gasteiger partial charge in [-0.25, -0.2) is 0 Å². The van der Waals surface area contributed by atoms with Crippen LogP contribution < -0.4 is 15.1 Å². The number of rotatable bonds is 4. The van der Waals surface area contributed by atoms with Crippen molar-refractivity contribution in [2.24, 2.45) is 5.92 Å². The van der Waals surface area contributed by atoms with Crippen LogP contribution in [0.4, 0.5) is 17.8 Å². The summed E-state index contributed by atoms with van der Waals surface area (Å²) >= 11 is 0. The molecular formula is C13H22N6O2. The lowest BCUT2D eigenvalue weighted by molar-refractivity contribution is 0.122. The highest BCUT2D eigenvalue weighted by atomic mass is 16.5. The highest BCUT2D eigenvalue weighted by Crippen LogP contribution is 2.23. The van der Waals surface area contributed by atoms with Crippen LogP contribution in [0.15, 0.2) is 0 Å². The van der Waals surface area contributed by atoms with Crippen molar-refractivity contribution in [2.45, 2.75) is 6.42 Å². The normalized spacial score (nSPS) is 22.7. The van der Waals surface area contributed by atoms with Crippen LogP contribution >= 0.6 is 0 Å². The van der Waals surface area contributed by atoms with Gasteiger partial charge in [-0.05, 0) is 6.42 Å². The van der Waals surface area contributed by atoms with E-state index in [9.17, 15) is 5.11 Å². The molecule has 1 aromatic heterocycles. The van der Waals surface area contributed by atoms with Crippen LogP contribution in [0.25, 0.3) is 0 Å². The lowest BCUT2D eigenvalue weighted by Crippen LogP contribution is -2.38. The Morgan fingerprint density at radius 3 is 2.48 bits per heavy atom. The van der Waals surface area contributed by atoms with Crippen molar-refractivity contribution in [3.05, 3.63) is 0 Å². The predicted octanol–water partition coefficient (Wildman–Crippen LogP) is -0.431. The first-order valence-electron chi connectivity index (χ1n) is 7.42. The molecule has 3 heterocycles. The summed E-state index contributed by atoms with van der Waals surface area (Å²) in [5.74, 6) is 2.27. The fourth-order valence-electron chi connectivity index (χ4n) is 2.68. The molecule has 8 heteroatoms. The molecule has 0 bridgehead atoms. The van der Waals surface area contributed by atoms with E-state index in [4.69, 9.17) is 4.74 Å². The van der Waals surface area contributed by atoms with Gasteiger partial charge in [0, 0.05) is 45.8 Å². The van der Waals surface area contributed by atoms with Crippen LogP contribution in [0.3, 0.4) is 0 Å². The second kappa shape index (κ2) is 6.40. The highest BCUT2D eigenvalue weighted by Gasteiger charge is 2.25. The third-order valence-electron chi connectivity index (χ3n) is 3.96. The summed E-state index contributed by atoms with van der Waals surface area (Å²) in [7, 11) is 1.81. The summed E-state index contributed by atoms with van der Waals surface area (Å²) in [6.45, 7) is 4.89. The SMILES string of the molecule is CNc1nc(N2CCOCC2)nc(N2CCC(CO)C2)n1. The summed E-state index contributed by atoms with van der Waals surface area (Å²) in [6.07, 6.45) is 0.976. The molecule has 0 radical (unpaired) electrons. The zero-order valence-corrected chi connectivity index (χ0v) is 12.3. The lowest BCUT2D eigenvalue weighted by atomic mass is 10.1. The molecule has 0 aromatic carbocycles. The lowest BCUT2D eigenvalue weighted by Gasteiger charge is -2.27. The van der Waals surface area contributed by atoms with Crippen molar-refractivity contribution in [3.8, 4) is 0 Å². The summed E-state index contributed by atoms with van der Waals surface area (Å²) in [6, 6.07) is 0. The first-order valence-corrected chi connectivity index (χ1v) is 7.42. The fraction of sp³-hybridized carbons (Fsp3) is 0.769. The van der Waals surface area contributed by atoms with Crippen molar-refractivity contribution in [1.82, 2.24) is 15.0 Å². The van der Waals surface area contributed by atoms with E-state index in [1.54, 1.807) is 0 Å². The summed E-state index contributed by atoms with van der Waals surface area (Å²) in [5, 5.41) is 12.3. The van der Waals surface area contributed by atoms with Gasteiger partial charge in [0.25, 0.3) is 0 Å². The van der Waals surface area contributed by atoms with Crippen molar-refractivity contribution in [1.29, 1.82) is 0 Å². The van der Waals surface area contributed by atoms with Gasteiger partial charge in [0.2, 0.25) is 17.8 Å². The molecule has 0 saturated carbocycles. The minimum absolute atomic E-state index is 0.219. The average molecular weight is 294 g/mol. The van der Waals surface area contributed by atoms with Gasteiger partial charge in [-0.1, -0.05) is 0 Å². The number of hydrogen-bond donors (Lipinski definition) is 2. The molecule has 3 rings (SSSR count). The topological polar surface area (TPSA) is 86.6 Å². The molecule has 8 nitrogen and oxygen atoms in total. The number of morpholine rings is 1. The fourth-order valence-corrected chi connectivity index (χ4v) is 2.68. The van der Waals surface area contributed by atoms with Crippen LogP contribution in [0.1, 0.15) is 6.42 Å². The maximum Gasteiger partial charge on any atom is 0.232 e. The second-order valence-corrected chi connectivity index (χ2v) is 5.39. The molecule has 1 unspecified atom stereocenters. The zero-order valence-electron chi connectivity index (χ0n) is 12.3. The third-order valence-corrected chi connectivity index (χ3v) is 3.96. The predicted molar refractivity (Wildman–Crippen MR) is 79.8 cm³/mol. The highest BCUT2D eigenvalue weighted by molar-refractivity contribution is 5.45. The maximum absolute atomic E-state index is 9.28. The molecule has 0 amide bonds. The van der Waals surface area contributed by atoms with Crippen LogP contribution in [-0.4, -0.2) is 73.1 Å².